The van der Waals surface area contributed by atoms with Crippen LogP contribution in [0.2, 0.25) is 0 Å². The van der Waals surface area contributed by atoms with Gasteiger partial charge in [0.25, 0.3) is 0 Å². The predicted molar refractivity (Wildman–Crippen MR) is 392 cm³/mol. The van der Waals surface area contributed by atoms with Gasteiger partial charge in [0.2, 0.25) is 0 Å². The molecule has 0 saturated heterocycles. The van der Waals surface area contributed by atoms with Crippen molar-refractivity contribution >= 4 is 23.3 Å². The maximum Gasteiger partial charge on any atom is 0.308 e. The van der Waals surface area contributed by atoms with Crippen molar-refractivity contribution in [1.82, 2.24) is 20.2 Å². The molecule has 90 heavy (non-hydrogen) atoms. The van der Waals surface area contributed by atoms with Gasteiger partial charge in [0.15, 0.2) is 5.82 Å². The third kappa shape index (κ3) is 54.9. The Kier molecular flexibility index (Phi) is 41.6. The molecule has 7 rings (SSSR count). The molecule has 0 aromatic carbocycles. The first-order valence-electron chi connectivity index (χ1n) is 36.6. The number of ether oxygens (including phenoxy) is 1. The minimum absolute atomic E-state index is 0.00463. The number of aromatic nitrogens is 4. The van der Waals surface area contributed by atoms with Crippen LogP contribution in [-0.2, 0) is 36.4 Å². The maximum absolute atomic E-state index is 11.8. The maximum atomic E-state index is 11.8. The van der Waals surface area contributed by atoms with E-state index >= 15 is 0 Å². The lowest BCUT2D eigenvalue weighted by molar-refractivity contribution is -0.144. The Bertz CT molecular complexity index is 2010. The van der Waals surface area contributed by atoms with Gasteiger partial charge in [-0.3, -0.25) is 19.2 Å². The second kappa shape index (κ2) is 40.8. The Labute approximate surface area is 562 Å². The molecule has 9 heteroatoms. The molecule has 6 saturated carbocycles. The van der Waals surface area contributed by atoms with Gasteiger partial charge in [0.1, 0.15) is 17.3 Å². The van der Waals surface area contributed by atoms with Crippen molar-refractivity contribution in [2.75, 3.05) is 7.11 Å². The number of esters is 1. The van der Waals surface area contributed by atoms with E-state index in [4.69, 9.17) is 0 Å². The molecule has 0 unspecified atom stereocenters. The molecular formula is C81H160N4O5. The lowest BCUT2D eigenvalue weighted by Crippen LogP contribution is -2.29. The van der Waals surface area contributed by atoms with Crippen molar-refractivity contribution in [3.8, 4) is 0 Å². The van der Waals surface area contributed by atoms with Gasteiger partial charge in [-0.25, -0.2) is 0 Å². The van der Waals surface area contributed by atoms with Crippen molar-refractivity contribution in [2.45, 2.75) is 388 Å². The van der Waals surface area contributed by atoms with Crippen molar-refractivity contribution in [1.29, 1.82) is 0 Å². The van der Waals surface area contributed by atoms with Gasteiger partial charge >= 0.3 is 5.97 Å². The number of ketones is 3. The highest BCUT2D eigenvalue weighted by Gasteiger charge is 2.33. The Morgan fingerprint density at radius 3 is 0.856 bits per heavy atom. The van der Waals surface area contributed by atoms with Crippen molar-refractivity contribution < 1.29 is 23.9 Å². The van der Waals surface area contributed by atoms with Crippen LogP contribution in [0.4, 0.5) is 0 Å². The van der Waals surface area contributed by atoms with Crippen LogP contribution < -0.4 is 0 Å². The fraction of sp³-hybridized carbons (Fsp3) is 0.938. The fourth-order valence-electron chi connectivity index (χ4n) is 11.9. The molecule has 0 radical (unpaired) electrons. The first-order valence-corrected chi connectivity index (χ1v) is 36.6. The van der Waals surface area contributed by atoms with Crippen LogP contribution in [0.3, 0.4) is 0 Å². The summed E-state index contributed by atoms with van der Waals surface area (Å²) in [5.74, 6) is 6.85. The normalized spacial score (nSPS) is 17.9. The monoisotopic (exact) mass is 1270 g/mol. The van der Waals surface area contributed by atoms with Crippen LogP contribution in [0.5, 0.6) is 0 Å². The van der Waals surface area contributed by atoms with Crippen LogP contribution in [0.25, 0.3) is 0 Å². The van der Waals surface area contributed by atoms with Gasteiger partial charge in [0, 0.05) is 33.5 Å². The van der Waals surface area contributed by atoms with Crippen LogP contribution >= 0.6 is 0 Å². The average Bonchev–Trinajstić information content (AvgIpc) is 3.59. The van der Waals surface area contributed by atoms with E-state index in [9.17, 15) is 19.2 Å². The number of methoxy groups -OCH3 is 1. The van der Waals surface area contributed by atoms with E-state index in [0.29, 0.717) is 55.9 Å². The highest BCUT2D eigenvalue weighted by Crippen LogP contribution is 2.42. The molecule has 6 fully saturated rings. The number of nitrogens with zero attached hydrogens (tertiary/aromatic N) is 4. The Morgan fingerprint density at radius 1 is 0.433 bits per heavy atom. The number of carbonyl (C=O) groups excluding carboxylic acids is 4. The van der Waals surface area contributed by atoms with Crippen molar-refractivity contribution in [2.24, 2.45) is 97.2 Å². The molecule has 1 aromatic rings. The summed E-state index contributed by atoms with van der Waals surface area (Å²) in [6.07, 6.45) is 32.9. The van der Waals surface area contributed by atoms with Crippen LogP contribution in [0.1, 0.15) is 388 Å². The zero-order valence-electron chi connectivity index (χ0n) is 67.3. The molecule has 1 aromatic heterocycles. The summed E-state index contributed by atoms with van der Waals surface area (Å²) in [5.41, 5.74) is 2.92. The summed E-state index contributed by atoms with van der Waals surface area (Å²) in [4.78, 5) is 45.7. The lowest BCUT2D eigenvalue weighted by atomic mass is 9.74. The summed E-state index contributed by atoms with van der Waals surface area (Å²) in [5, 5.41) is 11.7. The number of tetrazole rings is 1. The number of aryl methyl sites for hydroxylation is 1. The third-order valence-corrected chi connectivity index (χ3v) is 17.1. The van der Waals surface area contributed by atoms with Crippen LogP contribution in [0.15, 0.2) is 0 Å². The second-order valence-corrected chi connectivity index (χ2v) is 40.0. The Morgan fingerprint density at radius 2 is 0.733 bits per heavy atom. The minimum Gasteiger partial charge on any atom is -0.469 e. The third-order valence-electron chi connectivity index (χ3n) is 17.1. The zero-order valence-corrected chi connectivity index (χ0v) is 67.3. The molecule has 9 nitrogen and oxygen atoms in total. The smallest absolute Gasteiger partial charge is 0.308 e. The lowest BCUT2D eigenvalue weighted by Gasteiger charge is -2.31. The summed E-state index contributed by atoms with van der Waals surface area (Å²) < 4.78 is 4.37. The van der Waals surface area contributed by atoms with E-state index in [1.165, 1.54) is 140 Å². The first-order chi connectivity index (χ1) is 40.2. The van der Waals surface area contributed by atoms with Gasteiger partial charge in [0.05, 0.1) is 20.1 Å². The van der Waals surface area contributed by atoms with Gasteiger partial charge in [-0.2, -0.15) is 4.80 Å². The Hall–Kier alpha value is -2.45. The molecule has 6 aliphatic carbocycles. The predicted octanol–water partition coefficient (Wildman–Crippen LogP) is 24.5. The largest absolute Gasteiger partial charge is 0.469 e. The molecule has 1 heterocycles. The number of hydrogen-bond donors (Lipinski definition) is 0. The van der Waals surface area contributed by atoms with E-state index in [1.54, 1.807) is 27.8 Å². The SMILES string of the molecule is CC(=O)C(C)(C)C.CC(C)(C)C(=O)C1CCCC1.CC(C)(C)C(=O)C1CCCCC1.CC(C)(C)C1CCCC1.CC(C)(C)CC(C)(C)C.CC(C)(C)CC1CC1.CC(C)(C)CC1CC1.CC(C)(C)CC1CCC1.COC(=O)C(C)C.Cn1nnc(C(C)(C)C)n1. The van der Waals surface area contributed by atoms with Gasteiger partial charge in [-0.1, -0.05) is 311 Å². The fourth-order valence-corrected chi connectivity index (χ4v) is 11.9. The van der Waals surface area contributed by atoms with Gasteiger partial charge < -0.3 is 4.74 Å². The summed E-state index contributed by atoms with van der Waals surface area (Å²) in [7, 11) is 3.16. The average molecular weight is 1270 g/mol. The zero-order chi connectivity index (χ0) is 71.3. The van der Waals surface area contributed by atoms with Crippen LogP contribution in [-0.4, -0.2) is 50.6 Å². The highest BCUT2D eigenvalue weighted by molar-refractivity contribution is 5.86. The molecular weight excluding hydrogens is 1110 g/mol. The van der Waals surface area contributed by atoms with Gasteiger partial charge in [-0.05, 0) is 133 Å². The molecule has 0 N–H and O–H groups in total. The van der Waals surface area contributed by atoms with Crippen molar-refractivity contribution in [3.05, 3.63) is 5.82 Å². The summed E-state index contributed by atoms with van der Waals surface area (Å²) >= 11 is 0. The molecule has 0 atom stereocenters. The topological polar surface area (TPSA) is 121 Å². The number of rotatable bonds is 6. The number of carbonyl (C=O) groups is 4. The quantitative estimate of drug-likeness (QED) is 0.258. The van der Waals surface area contributed by atoms with E-state index in [-0.39, 0.29) is 39.3 Å². The molecule has 534 valence electrons. The molecule has 6 aliphatic rings. The second-order valence-electron chi connectivity index (χ2n) is 40.0. The molecule has 0 amide bonds. The van der Waals surface area contributed by atoms with Crippen molar-refractivity contribution in [3.63, 3.8) is 0 Å². The summed E-state index contributed by atoms with van der Waals surface area (Å²) in [6, 6.07) is 0. The molecule has 0 bridgehead atoms. The summed E-state index contributed by atoms with van der Waals surface area (Å²) in [6.45, 7) is 71.1. The first kappa shape index (κ1) is 91.7. The molecule has 0 aliphatic heterocycles. The van der Waals surface area contributed by atoms with E-state index in [1.807, 2.05) is 62.3 Å². The standard InChI is InChI=1S/C11H20O.C10H18O.2C9H18.C9H20.2C8H16.C6H12N4.C6H12O.C5H10O2/c1-11(2,3)10(12)9-7-5-4-6-8-9;1-10(2,3)9(11)8-6-4-5-7-8;1-9(2,3)7-8-5-4-6-8;1-9(2,3)8-6-4-5-7-8;1-8(2,3)7-9(4,5)6;2*1-8(2,3)6-7-4-5-7;1-6(2,3)5-7-9-10(4)8-5;1-5(7)6(2,3)4;1-4(2)5(6)7-3/h9H,4-8H2,1-3H3;8H,4-7H2,1-3H3;2*8H,4-7H2,1-3H3;7H2,1-6H3;2*7H,4-6H2,1-3H3;1-4H3;1-4H3;4H,1-3H3. The van der Waals surface area contributed by atoms with E-state index in [0.717, 1.165) is 55.2 Å². The number of hydrogen-bond acceptors (Lipinski definition) is 8. The number of Topliss-reactive ketones (excluding diaryl/α,β-unsaturated/α-hetero) is 3. The Balaban J connectivity index is -0.000000939. The molecule has 0 spiro atoms. The van der Waals surface area contributed by atoms with E-state index < -0.39 is 0 Å². The van der Waals surface area contributed by atoms with Crippen LogP contribution in [0, 0.1) is 90.2 Å². The van der Waals surface area contributed by atoms with Gasteiger partial charge in [-0.15, -0.1) is 10.2 Å². The highest BCUT2D eigenvalue weighted by atomic mass is 16.5. The van der Waals surface area contributed by atoms with E-state index in [2.05, 4.69) is 166 Å². The minimum atomic E-state index is -0.153.